The quantitative estimate of drug-likeness (QED) is 0.635. The normalized spacial score (nSPS) is 10.6. The van der Waals surface area contributed by atoms with Crippen LogP contribution < -0.4 is 14.8 Å². The molecule has 25 heavy (non-hydrogen) atoms. The van der Waals surface area contributed by atoms with Crippen LogP contribution in [0.4, 0.5) is 0 Å². The second kappa shape index (κ2) is 8.35. The van der Waals surface area contributed by atoms with Crippen LogP contribution in [0.2, 0.25) is 0 Å². The van der Waals surface area contributed by atoms with Crippen LogP contribution in [0.5, 0.6) is 11.5 Å². The van der Waals surface area contributed by atoms with E-state index < -0.39 is 0 Å². The minimum absolute atomic E-state index is 0.726. The van der Waals surface area contributed by atoms with Gasteiger partial charge in [-0.3, -0.25) is 0 Å². The molecule has 0 unspecified atom stereocenters. The van der Waals surface area contributed by atoms with E-state index in [2.05, 4.69) is 22.4 Å². The number of rotatable bonds is 8. The van der Waals surface area contributed by atoms with E-state index in [-0.39, 0.29) is 0 Å². The lowest BCUT2D eigenvalue weighted by Crippen LogP contribution is -2.17. The molecule has 0 fully saturated rings. The van der Waals surface area contributed by atoms with E-state index in [1.807, 2.05) is 30.3 Å². The number of ether oxygens (including phenoxy) is 2. The molecule has 0 amide bonds. The lowest BCUT2D eigenvalue weighted by atomic mass is 10.0. The van der Waals surface area contributed by atoms with Crippen LogP contribution in [0.3, 0.4) is 0 Å². The molecule has 1 heterocycles. The molecule has 0 aliphatic carbocycles. The lowest BCUT2D eigenvalue weighted by Gasteiger charge is -2.14. The molecule has 0 saturated heterocycles. The number of nitrogens with one attached hydrogen (secondary N) is 1. The predicted octanol–water partition coefficient (Wildman–Crippen LogP) is 3.69. The first-order chi connectivity index (χ1) is 12.3. The molecule has 3 aromatic rings. The molecule has 1 aromatic heterocycles. The van der Waals surface area contributed by atoms with Crippen LogP contribution >= 0.6 is 0 Å². The molecule has 3 rings (SSSR count). The molecular weight excluding hydrogens is 316 g/mol. The third-order valence-corrected chi connectivity index (χ3v) is 4.05. The van der Waals surface area contributed by atoms with E-state index in [1.54, 1.807) is 20.5 Å². The number of methoxy groups -OCH3 is 2. The summed E-state index contributed by atoms with van der Waals surface area (Å²) in [6.45, 7) is 1.69. The van der Waals surface area contributed by atoms with Gasteiger partial charge in [0.25, 0.3) is 0 Å². The SMILES string of the molecule is COc1cc(-c2cocn2)c(OC)cc1CCNCc1ccccc1. The number of benzene rings is 2. The molecule has 0 radical (unpaired) electrons. The van der Waals surface area contributed by atoms with E-state index in [9.17, 15) is 0 Å². The van der Waals surface area contributed by atoms with Gasteiger partial charge in [0.15, 0.2) is 6.39 Å². The van der Waals surface area contributed by atoms with Crippen LogP contribution in [0, 0.1) is 0 Å². The van der Waals surface area contributed by atoms with Gasteiger partial charge in [0.2, 0.25) is 0 Å². The van der Waals surface area contributed by atoms with Crippen molar-refractivity contribution in [3.63, 3.8) is 0 Å². The lowest BCUT2D eigenvalue weighted by molar-refractivity contribution is 0.399. The summed E-state index contributed by atoms with van der Waals surface area (Å²) >= 11 is 0. The van der Waals surface area contributed by atoms with Crippen molar-refractivity contribution in [1.29, 1.82) is 0 Å². The monoisotopic (exact) mass is 338 g/mol. The number of nitrogens with zero attached hydrogens (tertiary/aromatic N) is 1. The summed E-state index contributed by atoms with van der Waals surface area (Å²) < 4.78 is 16.2. The van der Waals surface area contributed by atoms with Crippen molar-refractivity contribution in [2.75, 3.05) is 20.8 Å². The molecule has 130 valence electrons. The zero-order valence-electron chi connectivity index (χ0n) is 14.5. The highest BCUT2D eigenvalue weighted by atomic mass is 16.5. The highest BCUT2D eigenvalue weighted by molar-refractivity contribution is 5.69. The van der Waals surface area contributed by atoms with Crippen LogP contribution in [-0.2, 0) is 13.0 Å². The maximum Gasteiger partial charge on any atom is 0.181 e. The van der Waals surface area contributed by atoms with Crippen LogP contribution in [0.1, 0.15) is 11.1 Å². The van der Waals surface area contributed by atoms with Crippen molar-refractivity contribution in [1.82, 2.24) is 10.3 Å². The molecule has 5 heteroatoms. The van der Waals surface area contributed by atoms with E-state index in [1.165, 1.54) is 12.0 Å². The van der Waals surface area contributed by atoms with Gasteiger partial charge in [-0.15, -0.1) is 0 Å². The zero-order valence-corrected chi connectivity index (χ0v) is 14.5. The highest BCUT2D eigenvalue weighted by Crippen LogP contribution is 2.35. The predicted molar refractivity (Wildman–Crippen MR) is 96.9 cm³/mol. The van der Waals surface area contributed by atoms with Gasteiger partial charge in [-0.05, 0) is 36.2 Å². The van der Waals surface area contributed by atoms with Gasteiger partial charge in [0.05, 0.1) is 14.2 Å². The Morgan fingerprint density at radius 1 is 1.04 bits per heavy atom. The molecular formula is C20H22N2O3. The summed E-state index contributed by atoms with van der Waals surface area (Å²) in [5.41, 5.74) is 3.94. The topological polar surface area (TPSA) is 56.5 Å². The molecule has 0 spiro atoms. The van der Waals surface area contributed by atoms with Gasteiger partial charge in [-0.25, -0.2) is 4.98 Å². The molecule has 0 aliphatic rings. The molecule has 0 bridgehead atoms. The van der Waals surface area contributed by atoms with E-state index >= 15 is 0 Å². The summed E-state index contributed by atoms with van der Waals surface area (Å²) in [5.74, 6) is 1.58. The Labute approximate surface area is 147 Å². The van der Waals surface area contributed by atoms with Crippen molar-refractivity contribution >= 4 is 0 Å². The minimum atomic E-state index is 0.726. The Morgan fingerprint density at radius 2 is 1.84 bits per heavy atom. The highest BCUT2D eigenvalue weighted by Gasteiger charge is 2.14. The molecule has 1 N–H and O–H groups in total. The van der Waals surface area contributed by atoms with E-state index in [0.717, 1.165) is 47.8 Å². The first kappa shape index (κ1) is 17.0. The average molecular weight is 338 g/mol. The number of aromatic nitrogens is 1. The maximum absolute atomic E-state index is 5.56. The van der Waals surface area contributed by atoms with Gasteiger partial charge in [0.1, 0.15) is 23.5 Å². The Balaban J connectivity index is 1.70. The first-order valence-electron chi connectivity index (χ1n) is 8.20. The van der Waals surface area contributed by atoms with Crippen molar-refractivity contribution in [2.24, 2.45) is 0 Å². The third-order valence-electron chi connectivity index (χ3n) is 4.05. The summed E-state index contributed by atoms with van der Waals surface area (Å²) in [4.78, 5) is 4.19. The largest absolute Gasteiger partial charge is 0.496 e. The third kappa shape index (κ3) is 4.19. The van der Waals surface area contributed by atoms with E-state index in [0.29, 0.717) is 0 Å². The van der Waals surface area contributed by atoms with Gasteiger partial charge >= 0.3 is 0 Å². The van der Waals surface area contributed by atoms with Gasteiger partial charge in [-0.1, -0.05) is 30.3 Å². The van der Waals surface area contributed by atoms with Gasteiger partial charge in [0, 0.05) is 12.1 Å². The first-order valence-corrected chi connectivity index (χ1v) is 8.20. The molecule has 0 saturated carbocycles. The maximum atomic E-state index is 5.56. The molecule has 0 aliphatic heterocycles. The van der Waals surface area contributed by atoms with Crippen LogP contribution in [0.25, 0.3) is 11.3 Å². The Bertz CT molecular complexity index is 786. The summed E-state index contributed by atoms with van der Waals surface area (Å²) in [5, 5.41) is 3.46. The fourth-order valence-corrected chi connectivity index (χ4v) is 2.75. The van der Waals surface area contributed by atoms with Crippen molar-refractivity contribution in [3.05, 3.63) is 66.2 Å². The summed E-state index contributed by atoms with van der Waals surface area (Å²) in [6, 6.07) is 14.3. The van der Waals surface area contributed by atoms with Crippen molar-refractivity contribution in [3.8, 4) is 22.8 Å². The zero-order chi connectivity index (χ0) is 17.5. The average Bonchev–Trinajstić information content (AvgIpc) is 3.20. The number of oxazole rings is 1. The van der Waals surface area contributed by atoms with Crippen LogP contribution in [0.15, 0.2) is 59.5 Å². The van der Waals surface area contributed by atoms with E-state index in [4.69, 9.17) is 13.9 Å². The molecule has 0 atom stereocenters. The molecule has 5 nitrogen and oxygen atoms in total. The van der Waals surface area contributed by atoms with Gasteiger partial charge < -0.3 is 19.2 Å². The Morgan fingerprint density at radius 3 is 2.52 bits per heavy atom. The second-order valence-corrected chi connectivity index (χ2v) is 5.65. The Kier molecular flexibility index (Phi) is 5.69. The smallest absolute Gasteiger partial charge is 0.181 e. The summed E-state index contributed by atoms with van der Waals surface area (Å²) in [6.07, 6.45) is 3.84. The summed E-state index contributed by atoms with van der Waals surface area (Å²) in [7, 11) is 3.33. The number of hydrogen-bond donors (Lipinski definition) is 1. The second-order valence-electron chi connectivity index (χ2n) is 5.65. The van der Waals surface area contributed by atoms with Gasteiger partial charge in [-0.2, -0.15) is 0 Å². The fraction of sp³-hybridized carbons (Fsp3) is 0.250. The minimum Gasteiger partial charge on any atom is -0.496 e. The van der Waals surface area contributed by atoms with Crippen LogP contribution in [-0.4, -0.2) is 25.7 Å². The molecule has 2 aromatic carbocycles. The van der Waals surface area contributed by atoms with Crippen molar-refractivity contribution < 1.29 is 13.9 Å². The number of hydrogen-bond acceptors (Lipinski definition) is 5. The Hall–Kier alpha value is -2.79. The van der Waals surface area contributed by atoms with Crippen molar-refractivity contribution in [2.45, 2.75) is 13.0 Å². The standard InChI is InChI=1S/C20H22N2O3/c1-23-19-11-17(18-13-25-14-22-18)20(24-2)10-16(19)8-9-21-12-15-6-4-3-5-7-15/h3-7,10-11,13-14,21H,8-9,12H2,1-2H3. The fourth-order valence-electron chi connectivity index (χ4n) is 2.75.